The van der Waals surface area contributed by atoms with Crippen molar-refractivity contribution in [1.29, 1.82) is 0 Å². The number of allylic oxidation sites excluding steroid dienone is 22. The Hall–Kier alpha value is -4.45. The van der Waals surface area contributed by atoms with Crippen LogP contribution in [0.15, 0.2) is 134 Å². The lowest BCUT2D eigenvalue weighted by molar-refractivity contribution is -0.166. The Kier molecular flexibility index (Phi) is 63.3. The molecular weight excluding hydrogens is 985 g/mol. The molecule has 6 heteroatoms. The smallest absolute Gasteiger partial charge is 0.306 e. The molecule has 0 fully saturated rings. The molecule has 0 aromatic rings. The SMILES string of the molecule is CC/C=C\C/C=C\C/C=C\C/C=C\C/C=C\CCCCCCCCCCCCCCCCCC(=O)OCC(COC(=O)CC/C=C\C/C=C\C/C=C\C/C=C\CC)OC(=O)CCCCCCCCC/C=C\C/C=C\CCCCCC. The first-order chi connectivity index (χ1) is 39.5. The molecule has 0 aromatic heterocycles. The van der Waals surface area contributed by atoms with Gasteiger partial charge in [-0.1, -0.05) is 289 Å². The summed E-state index contributed by atoms with van der Waals surface area (Å²) in [4.78, 5) is 38.3. The molecule has 0 N–H and O–H groups in total. The quantitative estimate of drug-likeness (QED) is 0.0261. The zero-order valence-corrected chi connectivity index (χ0v) is 52.0. The van der Waals surface area contributed by atoms with Crippen molar-refractivity contribution in [3.05, 3.63) is 134 Å². The Morgan fingerprint density at radius 1 is 0.263 bits per heavy atom. The molecule has 0 spiro atoms. The number of esters is 3. The van der Waals surface area contributed by atoms with Crippen LogP contribution in [0.4, 0.5) is 0 Å². The van der Waals surface area contributed by atoms with Crippen molar-refractivity contribution >= 4 is 17.9 Å². The van der Waals surface area contributed by atoms with E-state index in [-0.39, 0.29) is 37.5 Å². The van der Waals surface area contributed by atoms with Gasteiger partial charge in [0.05, 0.1) is 0 Å². The number of carbonyl (C=O) groups excluding carboxylic acids is 3. The van der Waals surface area contributed by atoms with Crippen LogP contribution in [0.25, 0.3) is 0 Å². The maximum atomic E-state index is 12.9. The highest BCUT2D eigenvalue weighted by Gasteiger charge is 2.19. The Morgan fingerprint density at radius 3 is 0.838 bits per heavy atom. The second-order valence-electron chi connectivity index (χ2n) is 21.6. The minimum absolute atomic E-state index is 0.105. The van der Waals surface area contributed by atoms with Crippen LogP contribution in [0.1, 0.15) is 297 Å². The van der Waals surface area contributed by atoms with E-state index in [1.54, 1.807) is 0 Å². The molecule has 1 atom stereocenters. The van der Waals surface area contributed by atoms with E-state index in [0.717, 1.165) is 109 Å². The van der Waals surface area contributed by atoms with Gasteiger partial charge in [-0.25, -0.2) is 0 Å². The van der Waals surface area contributed by atoms with Crippen molar-refractivity contribution in [3.8, 4) is 0 Å². The second-order valence-corrected chi connectivity index (χ2v) is 21.6. The van der Waals surface area contributed by atoms with Crippen molar-refractivity contribution in [2.75, 3.05) is 13.2 Å². The van der Waals surface area contributed by atoms with Crippen LogP contribution in [0.2, 0.25) is 0 Å². The van der Waals surface area contributed by atoms with Gasteiger partial charge >= 0.3 is 17.9 Å². The summed E-state index contributed by atoms with van der Waals surface area (Å²) in [5.41, 5.74) is 0. The molecule has 0 bridgehead atoms. The molecular formula is C74H122O6. The first kappa shape index (κ1) is 75.5. The molecule has 0 aromatic carbocycles. The number of unbranched alkanes of at least 4 members (excludes halogenated alkanes) is 26. The van der Waals surface area contributed by atoms with Gasteiger partial charge in [-0.3, -0.25) is 14.4 Å². The van der Waals surface area contributed by atoms with Crippen molar-refractivity contribution in [1.82, 2.24) is 0 Å². The number of carbonyl (C=O) groups is 3. The Labute approximate surface area is 494 Å². The minimum Gasteiger partial charge on any atom is -0.462 e. The summed E-state index contributed by atoms with van der Waals surface area (Å²) in [5, 5.41) is 0. The zero-order chi connectivity index (χ0) is 57.8. The van der Waals surface area contributed by atoms with E-state index in [2.05, 4.69) is 148 Å². The van der Waals surface area contributed by atoms with E-state index >= 15 is 0 Å². The van der Waals surface area contributed by atoms with E-state index < -0.39 is 6.10 Å². The third-order valence-electron chi connectivity index (χ3n) is 13.9. The molecule has 0 aliphatic heterocycles. The summed E-state index contributed by atoms with van der Waals surface area (Å²) in [6.45, 7) is 6.34. The number of rotatable bonds is 59. The van der Waals surface area contributed by atoms with Gasteiger partial charge in [-0.15, -0.1) is 0 Å². The molecule has 0 saturated carbocycles. The van der Waals surface area contributed by atoms with E-state index in [1.165, 1.54) is 141 Å². The first-order valence-electron chi connectivity index (χ1n) is 33.2. The van der Waals surface area contributed by atoms with E-state index in [0.29, 0.717) is 19.3 Å². The molecule has 0 rings (SSSR count). The predicted octanol–water partition coefficient (Wildman–Crippen LogP) is 22.9. The normalized spacial score (nSPS) is 13.0. The van der Waals surface area contributed by atoms with Gasteiger partial charge in [0.15, 0.2) is 6.10 Å². The van der Waals surface area contributed by atoms with Crippen molar-refractivity contribution in [2.45, 2.75) is 303 Å². The van der Waals surface area contributed by atoms with Crippen molar-refractivity contribution in [2.24, 2.45) is 0 Å². The van der Waals surface area contributed by atoms with Gasteiger partial charge in [-0.05, 0) is 122 Å². The van der Waals surface area contributed by atoms with E-state index in [4.69, 9.17) is 14.2 Å². The topological polar surface area (TPSA) is 78.9 Å². The lowest BCUT2D eigenvalue weighted by atomic mass is 10.0. The molecule has 0 aliphatic carbocycles. The lowest BCUT2D eigenvalue weighted by Gasteiger charge is -2.18. The third-order valence-corrected chi connectivity index (χ3v) is 13.9. The average molecular weight is 1110 g/mol. The molecule has 0 heterocycles. The highest BCUT2D eigenvalue weighted by molar-refractivity contribution is 5.71. The fraction of sp³-hybridized carbons (Fsp3) is 0.662. The summed E-state index contributed by atoms with van der Waals surface area (Å²) in [7, 11) is 0. The maximum Gasteiger partial charge on any atom is 0.306 e. The number of ether oxygens (including phenoxy) is 3. The van der Waals surface area contributed by atoms with E-state index in [1.807, 2.05) is 6.08 Å². The molecule has 0 aliphatic rings. The summed E-state index contributed by atoms with van der Waals surface area (Å²) in [6, 6.07) is 0. The first-order valence-corrected chi connectivity index (χ1v) is 33.2. The molecule has 0 amide bonds. The fourth-order valence-electron chi connectivity index (χ4n) is 8.99. The number of hydrogen-bond donors (Lipinski definition) is 0. The van der Waals surface area contributed by atoms with Crippen molar-refractivity contribution in [3.63, 3.8) is 0 Å². The molecule has 454 valence electrons. The van der Waals surface area contributed by atoms with Gasteiger partial charge < -0.3 is 14.2 Å². The maximum absolute atomic E-state index is 12.9. The van der Waals surface area contributed by atoms with Gasteiger partial charge in [0.1, 0.15) is 13.2 Å². The van der Waals surface area contributed by atoms with Gasteiger partial charge in [0.2, 0.25) is 0 Å². The summed E-state index contributed by atoms with van der Waals surface area (Å²) in [6.07, 6.45) is 94.9. The van der Waals surface area contributed by atoms with E-state index in [9.17, 15) is 14.4 Å². The highest BCUT2D eigenvalue weighted by Crippen LogP contribution is 2.16. The number of hydrogen-bond acceptors (Lipinski definition) is 6. The molecule has 1 unspecified atom stereocenters. The second kappa shape index (κ2) is 67.1. The Bertz CT molecular complexity index is 1700. The minimum atomic E-state index is -0.815. The molecule has 0 radical (unpaired) electrons. The van der Waals surface area contributed by atoms with Crippen LogP contribution in [0, 0.1) is 0 Å². The van der Waals surface area contributed by atoms with Crippen LogP contribution in [0.5, 0.6) is 0 Å². The third kappa shape index (κ3) is 64.4. The molecule has 6 nitrogen and oxygen atoms in total. The summed E-state index contributed by atoms with van der Waals surface area (Å²) < 4.78 is 16.8. The summed E-state index contributed by atoms with van der Waals surface area (Å²) in [5.74, 6) is -0.994. The average Bonchev–Trinajstić information content (AvgIpc) is 3.46. The van der Waals surface area contributed by atoms with Gasteiger partial charge in [0, 0.05) is 19.3 Å². The fourth-order valence-corrected chi connectivity index (χ4v) is 8.99. The summed E-state index contributed by atoms with van der Waals surface area (Å²) >= 11 is 0. The lowest BCUT2D eigenvalue weighted by Crippen LogP contribution is -2.30. The van der Waals surface area contributed by atoms with Gasteiger partial charge in [-0.2, -0.15) is 0 Å². The largest absolute Gasteiger partial charge is 0.462 e. The highest BCUT2D eigenvalue weighted by atomic mass is 16.6. The van der Waals surface area contributed by atoms with Gasteiger partial charge in [0.25, 0.3) is 0 Å². The van der Waals surface area contributed by atoms with Crippen molar-refractivity contribution < 1.29 is 28.6 Å². The Balaban J connectivity index is 4.28. The zero-order valence-electron chi connectivity index (χ0n) is 52.0. The molecule has 80 heavy (non-hydrogen) atoms. The Morgan fingerprint density at radius 2 is 0.512 bits per heavy atom. The predicted molar refractivity (Wildman–Crippen MR) is 348 cm³/mol. The van der Waals surface area contributed by atoms with Crippen LogP contribution < -0.4 is 0 Å². The standard InChI is InChI=1S/C74H122O6/c1-4-7-10-13-16-19-22-25-27-29-31-32-33-34-35-36-37-38-39-40-41-42-43-45-46-49-52-55-58-61-64-67-73(76)79-70-71(69-78-72(75)66-63-60-57-54-51-48-24-21-18-15-12-9-6-3)80-74(77)68-65-62-59-56-53-50-47-44-30-28-26-23-20-17-14-11-8-5-2/h7,9-10,12,16,18-21,23,25,27-28,30-32,34-35,48,51,57,60,71H,4-6,8,11,13-15,17,22,24,26,29,33,36-47,49-50,52-56,58-59,61-70H2,1-3H3/b10-7-,12-9-,19-16-,21-18-,23-20-,27-25-,30-28-,32-31-,35-34-,51-48-,60-57-. The monoisotopic (exact) mass is 1110 g/mol. The van der Waals surface area contributed by atoms with Crippen LogP contribution in [0.3, 0.4) is 0 Å². The molecule has 0 saturated heterocycles. The van der Waals surface area contributed by atoms with Crippen LogP contribution in [-0.4, -0.2) is 37.2 Å². The van der Waals surface area contributed by atoms with Crippen LogP contribution >= 0.6 is 0 Å². The van der Waals surface area contributed by atoms with Crippen LogP contribution in [-0.2, 0) is 28.6 Å².